The Morgan fingerprint density at radius 1 is 0.938 bits per heavy atom. The molecule has 1 saturated carbocycles. The summed E-state index contributed by atoms with van der Waals surface area (Å²) in [7, 11) is 0. The van der Waals surface area contributed by atoms with Crippen molar-refractivity contribution >= 4 is 64.1 Å². The third kappa shape index (κ3) is 8.27. The van der Waals surface area contributed by atoms with Gasteiger partial charge in [0.2, 0.25) is 5.91 Å². The van der Waals surface area contributed by atoms with Crippen molar-refractivity contribution in [2.24, 2.45) is 5.92 Å². The maximum absolute atomic E-state index is 15.2. The second-order valence-corrected chi connectivity index (χ2v) is 13.4. The van der Waals surface area contributed by atoms with Crippen LogP contribution in [0.3, 0.4) is 0 Å². The molecule has 0 saturated heterocycles. The predicted octanol–water partition coefficient (Wildman–Crippen LogP) is 9.52. The number of hydrogen-bond acceptors (Lipinski definition) is 5. The molecule has 0 spiro atoms. The molecule has 3 aromatic carbocycles. The predicted molar refractivity (Wildman–Crippen MR) is 162 cm³/mol. The summed E-state index contributed by atoms with van der Waals surface area (Å²) in [6.45, 7) is 3.45. The van der Waals surface area contributed by atoms with Gasteiger partial charge in [-0.3, -0.25) is 9.59 Å². The summed E-state index contributed by atoms with van der Waals surface area (Å²) in [5.41, 5.74) is -4.90. The van der Waals surface area contributed by atoms with E-state index < -0.39 is 93.0 Å². The molecule has 3 atom stereocenters. The maximum Gasteiger partial charge on any atom is 0.508 e. The van der Waals surface area contributed by atoms with Crippen LogP contribution in [0.15, 0.2) is 48.5 Å². The van der Waals surface area contributed by atoms with Gasteiger partial charge >= 0.3 is 12.3 Å². The van der Waals surface area contributed by atoms with Crippen LogP contribution in [-0.4, -0.2) is 34.5 Å². The zero-order valence-electron chi connectivity index (χ0n) is 24.9. The molecular formula is C31H24Cl3F7N2O5. The summed E-state index contributed by atoms with van der Waals surface area (Å²) in [6, 6.07) is 7.08. The van der Waals surface area contributed by atoms with Crippen molar-refractivity contribution in [1.29, 1.82) is 0 Å². The Morgan fingerprint density at radius 2 is 1.58 bits per heavy atom. The molecule has 1 fully saturated rings. The van der Waals surface area contributed by atoms with Crippen LogP contribution in [0.1, 0.15) is 59.9 Å². The summed E-state index contributed by atoms with van der Waals surface area (Å²) >= 11 is 18.6. The quantitative estimate of drug-likeness (QED) is 0.136. The molecule has 2 amide bonds. The van der Waals surface area contributed by atoms with E-state index in [9.17, 15) is 40.7 Å². The summed E-state index contributed by atoms with van der Waals surface area (Å²) in [4.78, 5) is 37.8. The molecule has 0 radical (unpaired) electrons. The molecule has 0 aliphatic heterocycles. The lowest BCUT2D eigenvalue weighted by molar-refractivity contribution is -0.140. The van der Waals surface area contributed by atoms with Gasteiger partial charge in [0.1, 0.15) is 28.2 Å². The van der Waals surface area contributed by atoms with E-state index >= 15 is 4.39 Å². The van der Waals surface area contributed by atoms with Gasteiger partial charge in [-0.2, -0.15) is 13.2 Å². The molecule has 1 unspecified atom stereocenters. The van der Waals surface area contributed by atoms with Gasteiger partial charge < -0.3 is 20.1 Å². The van der Waals surface area contributed by atoms with Crippen molar-refractivity contribution in [3.05, 3.63) is 93.3 Å². The Labute approximate surface area is 283 Å². The van der Waals surface area contributed by atoms with Gasteiger partial charge in [0.25, 0.3) is 5.91 Å². The Kier molecular flexibility index (Phi) is 10.5. The first kappa shape index (κ1) is 37.1. The zero-order valence-corrected chi connectivity index (χ0v) is 27.1. The van der Waals surface area contributed by atoms with Crippen molar-refractivity contribution < 1.29 is 54.6 Å². The number of hydrogen-bond donors (Lipinski definition) is 2. The number of nitrogens with one attached hydrogen (secondary N) is 2. The molecule has 7 nitrogen and oxygen atoms in total. The minimum atomic E-state index is -5.02. The molecule has 3 aromatic rings. The number of carbonyl (C=O) groups is 3. The fourth-order valence-corrected chi connectivity index (χ4v) is 5.70. The van der Waals surface area contributed by atoms with Crippen LogP contribution in [-0.2, 0) is 20.4 Å². The Hall–Kier alpha value is -3.75. The number of alkyl halides is 6. The monoisotopic (exact) mass is 742 g/mol. The fraction of sp³-hybridized carbons (Fsp3) is 0.323. The van der Waals surface area contributed by atoms with Crippen molar-refractivity contribution in [3.63, 3.8) is 0 Å². The van der Waals surface area contributed by atoms with Crippen molar-refractivity contribution in [3.8, 4) is 0 Å². The number of halogens is 10. The Morgan fingerprint density at radius 3 is 2.21 bits per heavy atom. The number of carbonyl (C=O) groups excluding carboxylic acids is 3. The van der Waals surface area contributed by atoms with Gasteiger partial charge in [-0.05, 0) is 68.8 Å². The standard InChI is InChI=1S/C31H24Cl3F7N2O5/c1-29(2,3)48-28(46)47-12-20(37)22-19(36)8-9-21(25(22)38)43-26(44)15-11-14(5-6-17(15)32)42-27(45)24-23(30(24,33)34)13-4-7-18(35)16(10-13)31(39,40)41/h4-11,20,23-24H,12H2,1-3H3,(H,42,45)(H,43,44)/t20?,23-,24+/m0/s1. The Balaban J connectivity index is 1.48. The van der Waals surface area contributed by atoms with Crippen LogP contribution in [0.4, 0.5) is 46.9 Å². The van der Waals surface area contributed by atoms with Crippen LogP contribution in [0, 0.1) is 23.4 Å². The second-order valence-electron chi connectivity index (χ2n) is 11.6. The van der Waals surface area contributed by atoms with E-state index in [1.165, 1.54) is 32.9 Å². The van der Waals surface area contributed by atoms with Gasteiger partial charge in [0, 0.05) is 11.6 Å². The van der Waals surface area contributed by atoms with E-state index in [-0.39, 0.29) is 21.8 Å². The highest BCUT2D eigenvalue weighted by Gasteiger charge is 2.67. The summed E-state index contributed by atoms with van der Waals surface area (Å²) < 4.78 is 105. The van der Waals surface area contributed by atoms with Crippen LogP contribution in [0.5, 0.6) is 0 Å². The number of amides is 2. The highest BCUT2D eigenvalue weighted by molar-refractivity contribution is 6.53. The smallest absolute Gasteiger partial charge is 0.431 e. The number of ether oxygens (including phenoxy) is 2. The normalized spacial score (nSPS) is 17.7. The maximum atomic E-state index is 15.2. The van der Waals surface area contributed by atoms with Crippen LogP contribution in [0.25, 0.3) is 0 Å². The minimum absolute atomic E-state index is 0.0669. The van der Waals surface area contributed by atoms with Crippen LogP contribution in [0.2, 0.25) is 5.02 Å². The van der Waals surface area contributed by atoms with Crippen LogP contribution < -0.4 is 10.6 Å². The molecule has 4 rings (SSSR count). The average Bonchev–Trinajstić information content (AvgIpc) is 3.54. The topological polar surface area (TPSA) is 93.7 Å². The first-order valence-corrected chi connectivity index (χ1v) is 14.9. The van der Waals surface area contributed by atoms with E-state index in [4.69, 9.17) is 39.5 Å². The largest absolute Gasteiger partial charge is 0.508 e. The third-order valence-corrected chi connectivity index (χ3v) is 8.16. The third-order valence-electron chi connectivity index (χ3n) is 6.89. The highest BCUT2D eigenvalue weighted by atomic mass is 35.5. The van der Waals surface area contributed by atoms with E-state index in [1.807, 2.05) is 0 Å². The lowest BCUT2D eigenvalue weighted by atomic mass is 10.0. The second kappa shape index (κ2) is 13.6. The van der Waals surface area contributed by atoms with E-state index in [0.717, 1.165) is 18.2 Å². The SMILES string of the molecule is CC(C)(C)OC(=O)OCC(F)c1c(F)ccc(NC(=O)c2cc(NC(=O)[C@H]3[C@H](c4ccc(F)c(C(F)(F)F)c4)C3(Cl)Cl)ccc2Cl)c1F. The number of rotatable bonds is 8. The average molecular weight is 744 g/mol. The lowest BCUT2D eigenvalue weighted by Gasteiger charge is -2.19. The van der Waals surface area contributed by atoms with Crippen molar-refractivity contribution in [2.75, 3.05) is 17.2 Å². The van der Waals surface area contributed by atoms with Gasteiger partial charge in [0.05, 0.1) is 33.3 Å². The summed E-state index contributed by atoms with van der Waals surface area (Å²) in [5.74, 6) is -8.76. The fourth-order valence-electron chi connectivity index (χ4n) is 4.66. The van der Waals surface area contributed by atoms with Gasteiger partial charge in [-0.1, -0.05) is 17.7 Å². The molecule has 1 aliphatic carbocycles. The molecule has 0 aromatic heterocycles. The molecule has 1 aliphatic rings. The molecular weight excluding hydrogens is 720 g/mol. The molecule has 0 bridgehead atoms. The van der Waals surface area contributed by atoms with Crippen molar-refractivity contribution in [2.45, 2.75) is 49.0 Å². The summed E-state index contributed by atoms with van der Waals surface area (Å²) in [6.07, 6.45) is -8.78. The van der Waals surface area contributed by atoms with Gasteiger partial charge in [-0.15, -0.1) is 23.2 Å². The number of benzene rings is 3. The first-order chi connectivity index (χ1) is 22.1. The van der Waals surface area contributed by atoms with Crippen LogP contribution >= 0.6 is 34.8 Å². The molecule has 48 heavy (non-hydrogen) atoms. The minimum Gasteiger partial charge on any atom is -0.431 e. The summed E-state index contributed by atoms with van der Waals surface area (Å²) in [5, 5.41) is 4.34. The first-order valence-electron chi connectivity index (χ1n) is 13.8. The Bertz CT molecular complexity index is 1770. The molecule has 2 N–H and O–H groups in total. The lowest BCUT2D eigenvalue weighted by Crippen LogP contribution is -2.25. The van der Waals surface area contributed by atoms with Crippen molar-refractivity contribution in [1.82, 2.24) is 0 Å². The van der Waals surface area contributed by atoms with E-state index in [2.05, 4.69) is 15.4 Å². The highest BCUT2D eigenvalue weighted by Crippen LogP contribution is 2.65. The van der Waals surface area contributed by atoms with Gasteiger partial charge in [-0.25, -0.2) is 22.4 Å². The van der Waals surface area contributed by atoms with E-state index in [1.54, 1.807) is 0 Å². The molecule has 17 heteroatoms. The molecule has 258 valence electrons. The van der Waals surface area contributed by atoms with E-state index in [0.29, 0.717) is 18.2 Å². The molecule has 0 heterocycles. The number of anilines is 2. The zero-order chi connectivity index (χ0) is 35.9. The van der Waals surface area contributed by atoms with Gasteiger partial charge in [0.15, 0.2) is 12.0 Å².